The van der Waals surface area contributed by atoms with Gasteiger partial charge in [0.05, 0.1) is 6.26 Å². The van der Waals surface area contributed by atoms with Gasteiger partial charge in [0.1, 0.15) is 0 Å². The van der Waals surface area contributed by atoms with E-state index in [2.05, 4.69) is 0 Å². The van der Waals surface area contributed by atoms with E-state index in [1.54, 1.807) is 17.0 Å². The van der Waals surface area contributed by atoms with Crippen LogP contribution >= 0.6 is 0 Å². The third-order valence-electron chi connectivity index (χ3n) is 4.74. The van der Waals surface area contributed by atoms with Gasteiger partial charge in [-0.15, -0.1) is 0 Å². The van der Waals surface area contributed by atoms with Crippen LogP contribution in [0.3, 0.4) is 0 Å². The van der Waals surface area contributed by atoms with Crippen LogP contribution < -0.4 is 0 Å². The zero-order chi connectivity index (χ0) is 17.4. The van der Waals surface area contributed by atoms with Crippen LogP contribution in [-0.2, 0) is 7.05 Å². The van der Waals surface area contributed by atoms with Crippen molar-refractivity contribution in [2.75, 3.05) is 26.2 Å². The van der Waals surface area contributed by atoms with E-state index in [9.17, 15) is 9.59 Å². The molecular weight excluding hydrogens is 318 g/mol. The highest BCUT2D eigenvalue weighted by atomic mass is 16.3. The number of aryl methyl sites for hydroxylation is 1. The van der Waals surface area contributed by atoms with Crippen LogP contribution in [0.15, 0.2) is 53.3 Å². The standard InChI is InChI=1S/C19H19N3O3/c1-20-8-7-14-15(4-2-5-16(14)20)18(23)21-9-11-22(12-10-21)19(24)17-6-3-13-25-17/h2-8,13H,9-12H2,1H3. The topological polar surface area (TPSA) is 58.7 Å². The van der Waals surface area contributed by atoms with Gasteiger partial charge in [-0.2, -0.15) is 0 Å². The quantitative estimate of drug-likeness (QED) is 0.721. The number of piperazine rings is 1. The summed E-state index contributed by atoms with van der Waals surface area (Å²) in [6.45, 7) is 2.06. The predicted molar refractivity (Wildman–Crippen MR) is 93.4 cm³/mol. The number of benzene rings is 1. The molecule has 0 bridgehead atoms. The fraction of sp³-hybridized carbons (Fsp3) is 0.263. The lowest BCUT2D eigenvalue weighted by molar-refractivity contribution is 0.0519. The summed E-state index contributed by atoms with van der Waals surface area (Å²) in [6.07, 6.45) is 3.45. The molecule has 1 saturated heterocycles. The van der Waals surface area contributed by atoms with Crippen molar-refractivity contribution in [1.82, 2.24) is 14.4 Å². The van der Waals surface area contributed by atoms with E-state index in [0.717, 1.165) is 10.9 Å². The molecule has 3 aromatic rings. The normalized spacial score (nSPS) is 14.9. The Morgan fingerprint density at radius 2 is 1.64 bits per heavy atom. The molecule has 2 amide bonds. The van der Waals surface area contributed by atoms with Crippen molar-refractivity contribution in [3.05, 3.63) is 60.2 Å². The van der Waals surface area contributed by atoms with Gasteiger partial charge in [-0.1, -0.05) is 6.07 Å². The van der Waals surface area contributed by atoms with Gasteiger partial charge in [-0.05, 0) is 30.3 Å². The van der Waals surface area contributed by atoms with Gasteiger partial charge in [0, 0.05) is 55.9 Å². The fourth-order valence-corrected chi connectivity index (χ4v) is 3.33. The Morgan fingerprint density at radius 1 is 0.920 bits per heavy atom. The lowest BCUT2D eigenvalue weighted by atomic mass is 10.1. The predicted octanol–water partition coefficient (Wildman–Crippen LogP) is 2.37. The van der Waals surface area contributed by atoms with E-state index in [4.69, 9.17) is 4.42 Å². The summed E-state index contributed by atoms with van der Waals surface area (Å²) in [7, 11) is 1.97. The smallest absolute Gasteiger partial charge is 0.289 e. The largest absolute Gasteiger partial charge is 0.459 e. The zero-order valence-electron chi connectivity index (χ0n) is 14.0. The maximum atomic E-state index is 12.9. The van der Waals surface area contributed by atoms with E-state index in [0.29, 0.717) is 37.5 Å². The molecule has 1 fully saturated rings. The molecule has 0 aliphatic carbocycles. The molecule has 1 aliphatic heterocycles. The van der Waals surface area contributed by atoms with E-state index in [-0.39, 0.29) is 11.8 Å². The van der Waals surface area contributed by atoms with Gasteiger partial charge in [0.25, 0.3) is 11.8 Å². The zero-order valence-corrected chi connectivity index (χ0v) is 14.0. The van der Waals surface area contributed by atoms with Crippen LogP contribution in [0.25, 0.3) is 10.9 Å². The van der Waals surface area contributed by atoms with Crippen LogP contribution in [0, 0.1) is 0 Å². The number of furan rings is 1. The highest BCUT2D eigenvalue weighted by Gasteiger charge is 2.27. The summed E-state index contributed by atoms with van der Waals surface area (Å²) in [5.74, 6) is 0.234. The lowest BCUT2D eigenvalue weighted by Gasteiger charge is -2.34. The van der Waals surface area contributed by atoms with Gasteiger partial charge in [0.2, 0.25) is 0 Å². The Morgan fingerprint density at radius 3 is 2.32 bits per heavy atom. The minimum absolute atomic E-state index is 0.0156. The number of hydrogen-bond donors (Lipinski definition) is 0. The molecule has 1 aromatic carbocycles. The number of carbonyl (C=O) groups is 2. The molecule has 25 heavy (non-hydrogen) atoms. The van der Waals surface area contributed by atoms with Gasteiger partial charge in [-0.3, -0.25) is 9.59 Å². The summed E-state index contributed by atoms with van der Waals surface area (Å²) in [6, 6.07) is 11.1. The highest BCUT2D eigenvalue weighted by Crippen LogP contribution is 2.21. The van der Waals surface area contributed by atoms with Gasteiger partial charge < -0.3 is 18.8 Å². The lowest BCUT2D eigenvalue weighted by Crippen LogP contribution is -2.50. The molecule has 0 saturated carbocycles. The first-order valence-corrected chi connectivity index (χ1v) is 8.31. The molecule has 0 radical (unpaired) electrons. The minimum Gasteiger partial charge on any atom is -0.459 e. The Labute approximate surface area is 145 Å². The Hall–Kier alpha value is -3.02. The average molecular weight is 337 g/mol. The molecule has 6 nitrogen and oxygen atoms in total. The Bertz CT molecular complexity index is 919. The molecule has 3 heterocycles. The molecule has 0 atom stereocenters. The number of nitrogens with zero attached hydrogens (tertiary/aromatic N) is 3. The Kier molecular flexibility index (Phi) is 3.80. The summed E-state index contributed by atoms with van der Waals surface area (Å²) in [4.78, 5) is 28.8. The molecule has 128 valence electrons. The van der Waals surface area contributed by atoms with Crippen molar-refractivity contribution < 1.29 is 14.0 Å². The molecule has 4 rings (SSSR count). The number of aromatic nitrogens is 1. The van der Waals surface area contributed by atoms with Crippen LogP contribution in [0.2, 0.25) is 0 Å². The summed E-state index contributed by atoms with van der Waals surface area (Å²) in [5, 5.41) is 0.962. The number of amides is 2. The third kappa shape index (κ3) is 2.69. The van der Waals surface area contributed by atoms with Crippen molar-refractivity contribution in [3.63, 3.8) is 0 Å². The second kappa shape index (κ2) is 6.12. The number of rotatable bonds is 2. The van der Waals surface area contributed by atoms with Gasteiger partial charge in [-0.25, -0.2) is 0 Å². The summed E-state index contributed by atoms with van der Waals surface area (Å²) >= 11 is 0. The van der Waals surface area contributed by atoms with Gasteiger partial charge in [0.15, 0.2) is 5.76 Å². The van der Waals surface area contributed by atoms with Crippen molar-refractivity contribution in [1.29, 1.82) is 0 Å². The number of carbonyl (C=O) groups excluding carboxylic acids is 2. The summed E-state index contributed by atoms with van der Waals surface area (Å²) in [5.41, 5.74) is 1.75. The second-order valence-electron chi connectivity index (χ2n) is 6.23. The SMILES string of the molecule is Cn1ccc2c(C(=O)N3CCN(C(=O)c4ccco4)CC3)cccc21. The molecule has 2 aromatic heterocycles. The third-order valence-corrected chi connectivity index (χ3v) is 4.74. The van der Waals surface area contributed by atoms with Crippen molar-refractivity contribution in [3.8, 4) is 0 Å². The van der Waals surface area contributed by atoms with Crippen LogP contribution in [0.5, 0.6) is 0 Å². The molecule has 6 heteroatoms. The van der Waals surface area contributed by atoms with Crippen LogP contribution in [-0.4, -0.2) is 52.4 Å². The number of hydrogen-bond acceptors (Lipinski definition) is 3. The molecule has 0 spiro atoms. The van der Waals surface area contributed by atoms with Crippen LogP contribution in [0.4, 0.5) is 0 Å². The van der Waals surface area contributed by atoms with E-state index in [1.165, 1.54) is 6.26 Å². The Balaban J connectivity index is 1.48. The number of fused-ring (bicyclic) bond motifs is 1. The maximum Gasteiger partial charge on any atom is 0.289 e. The van der Waals surface area contributed by atoms with E-state index in [1.807, 2.05) is 47.0 Å². The maximum absolute atomic E-state index is 12.9. The highest BCUT2D eigenvalue weighted by molar-refractivity contribution is 6.06. The van der Waals surface area contributed by atoms with Crippen molar-refractivity contribution >= 4 is 22.7 Å². The van der Waals surface area contributed by atoms with E-state index < -0.39 is 0 Å². The second-order valence-corrected chi connectivity index (χ2v) is 6.23. The monoisotopic (exact) mass is 337 g/mol. The van der Waals surface area contributed by atoms with Crippen molar-refractivity contribution in [2.24, 2.45) is 7.05 Å². The first kappa shape index (κ1) is 15.5. The first-order chi connectivity index (χ1) is 12.1. The first-order valence-electron chi connectivity index (χ1n) is 8.31. The average Bonchev–Trinajstić information content (AvgIpc) is 3.31. The minimum atomic E-state index is -0.123. The van der Waals surface area contributed by atoms with Gasteiger partial charge >= 0.3 is 0 Å². The summed E-state index contributed by atoms with van der Waals surface area (Å²) < 4.78 is 7.17. The van der Waals surface area contributed by atoms with Crippen molar-refractivity contribution in [2.45, 2.75) is 0 Å². The molecule has 0 N–H and O–H groups in total. The molecule has 0 unspecified atom stereocenters. The molecular formula is C19H19N3O3. The molecule has 1 aliphatic rings. The van der Waals surface area contributed by atoms with Crippen LogP contribution in [0.1, 0.15) is 20.9 Å². The van der Waals surface area contributed by atoms with E-state index >= 15 is 0 Å². The fourth-order valence-electron chi connectivity index (χ4n) is 3.33.